The quantitative estimate of drug-likeness (QED) is 0.227. The summed E-state index contributed by atoms with van der Waals surface area (Å²) in [5, 5.41) is 11.0. The summed E-state index contributed by atoms with van der Waals surface area (Å²) in [5.41, 5.74) is 0. The number of carbonyl (C=O) groups excluding carboxylic acids is 1. The minimum absolute atomic E-state index is 0.322. The predicted molar refractivity (Wildman–Crippen MR) is 97.1 cm³/mol. The van der Waals surface area contributed by atoms with E-state index in [1.807, 2.05) is 6.07 Å². The van der Waals surface area contributed by atoms with Crippen LogP contribution in [-0.4, -0.2) is 23.2 Å². The lowest BCUT2D eigenvalue weighted by Crippen LogP contribution is -2.32. The highest BCUT2D eigenvalue weighted by Gasteiger charge is 2.27. The Balaban J connectivity index is 0.000000502. The van der Waals surface area contributed by atoms with E-state index in [1.54, 1.807) is 38.1 Å². The van der Waals surface area contributed by atoms with Crippen molar-refractivity contribution in [1.29, 1.82) is 0 Å². The van der Waals surface area contributed by atoms with Crippen LogP contribution in [0.4, 0.5) is 22.0 Å². The Morgan fingerprint density at radius 2 is 1.41 bits per heavy atom. The molecule has 0 saturated carbocycles. The highest BCUT2D eigenvalue weighted by atomic mass is 31.1. The first-order chi connectivity index (χ1) is 13.6. The van der Waals surface area contributed by atoms with Crippen LogP contribution in [0.2, 0.25) is 0 Å². The number of phenolic OH excluding ortho intramolecular Hbond substituents is 1. The largest absolute Gasteiger partial charge is 0.508 e. The normalized spacial score (nSPS) is 11.9. The Kier molecular flexibility index (Phi) is 9.77. The van der Waals surface area contributed by atoms with Gasteiger partial charge in [-0.2, -0.15) is 8.78 Å². The molecule has 0 aliphatic rings. The number of hydrogen-bond donors (Lipinski definition) is 2. The fraction of sp³-hybridized carbons (Fsp3) is 0.278. The molecule has 0 spiro atoms. The van der Waals surface area contributed by atoms with Gasteiger partial charge in [0.05, 0.1) is 6.10 Å². The highest BCUT2D eigenvalue weighted by molar-refractivity contribution is 7.30. The molecule has 0 saturated heterocycles. The number of para-hydroxylation sites is 1. The maximum absolute atomic E-state index is 13.3. The van der Waals surface area contributed by atoms with Crippen molar-refractivity contribution in [2.75, 3.05) is 0 Å². The summed E-state index contributed by atoms with van der Waals surface area (Å²) in [6.07, 6.45) is -0.365. The molecule has 0 aliphatic carbocycles. The van der Waals surface area contributed by atoms with E-state index in [0.717, 1.165) is 0 Å². The van der Waals surface area contributed by atoms with Crippen molar-refractivity contribution < 1.29 is 41.1 Å². The molecule has 0 heterocycles. The Morgan fingerprint density at radius 1 is 0.931 bits per heavy atom. The molecule has 2 aromatic carbocycles. The van der Waals surface area contributed by atoms with E-state index >= 15 is 0 Å². The van der Waals surface area contributed by atoms with Crippen molar-refractivity contribution in [3.63, 3.8) is 0 Å². The van der Waals surface area contributed by atoms with E-state index < -0.39 is 55.8 Å². The van der Waals surface area contributed by atoms with Crippen LogP contribution in [0.1, 0.15) is 20.8 Å². The molecule has 11 heteroatoms. The van der Waals surface area contributed by atoms with Gasteiger partial charge in [0.1, 0.15) is 20.7 Å². The van der Waals surface area contributed by atoms with E-state index in [-0.39, 0.29) is 6.10 Å². The number of rotatable bonds is 6. The molecule has 2 atom stereocenters. The van der Waals surface area contributed by atoms with Crippen LogP contribution in [0.3, 0.4) is 0 Å². The molecule has 2 unspecified atom stereocenters. The fourth-order valence-electron chi connectivity index (χ4n) is 1.66. The lowest BCUT2D eigenvalue weighted by Gasteiger charge is -2.15. The van der Waals surface area contributed by atoms with Gasteiger partial charge in [-0.25, -0.2) is 13.2 Å². The van der Waals surface area contributed by atoms with Gasteiger partial charge in [0.15, 0.2) is 0 Å². The average molecular weight is 439 g/mol. The van der Waals surface area contributed by atoms with Crippen LogP contribution in [-0.2, 0) is 9.53 Å². The van der Waals surface area contributed by atoms with Crippen LogP contribution in [0.5, 0.6) is 11.5 Å². The van der Waals surface area contributed by atoms with Crippen molar-refractivity contribution in [3.8, 4) is 11.5 Å². The minimum Gasteiger partial charge on any atom is -0.508 e. The molecule has 0 amide bonds. The van der Waals surface area contributed by atoms with Crippen LogP contribution >= 0.6 is 8.96 Å². The van der Waals surface area contributed by atoms with Crippen molar-refractivity contribution in [1.82, 2.24) is 5.09 Å². The summed E-state index contributed by atoms with van der Waals surface area (Å²) < 4.78 is 74.6. The number of halogens is 5. The number of hydrogen-bond acceptors (Lipinski definition) is 5. The van der Waals surface area contributed by atoms with E-state index in [4.69, 9.17) is 9.84 Å². The number of ether oxygens (including phenoxy) is 1. The van der Waals surface area contributed by atoms with Gasteiger partial charge in [-0.3, -0.25) is 9.88 Å². The second kappa shape index (κ2) is 11.5. The Bertz CT molecular complexity index is 795. The molecule has 0 radical (unpaired) electrons. The van der Waals surface area contributed by atoms with Gasteiger partial charge in [0, 0.05) is 0 Å². The van der Waals surface area contributed by atoms with Gasteiger partial charge in [-0.1, -0.05) is 18.2 Å². The molecule has 0 fully saturated rings. The Morgan fingerprint density at radius 3 is 1.83 bits per heavy atom. The Labute approximate surface area is 165 Å². The summed E-state index contributed by atoms with van der Waals surface area (Å²) >= 11 is 0. The van der Waals surface area contributed by atoms with Gasteiger partial charge in [0.25, 0.3) is 0 Å². The van der Waals surface area contributed by atoms with E-state index in [9.17, 15) is 26.7 Å². The number of esters is 1. The van der Waals surface area contributed by atoms with Crippen molar-refractivity contribution in [2.24, 2.45) is 0 Å². The van der Waals surface area contributed by atoms with Crippen LogP contribution in [0, 0.1) is 29.1 Å². The lowest BCUT2D eigenvalue weighted by atomic mass is 10.3. The molecule has 2 rings (SSSR count). The number of aromatic hydroxyl groups is 1. The predicted octanol–water partition coefficient (Wildman–Crippen LogP) is 4.59. The van der Waals surface area contributed by atoms with Gasteiger partial charge in [0.2, 0.25) is 34.8 Å². The third-order valence-electron chi connectivity index (χ3n) is 3.06. The summed E-state index contributed by atoms with van der Waals surface area (Å²) in [7, 11) is -0.925. The first kappa shape index (κ1) is 24.6. The summed E-state index contributed by atoms with van der Waals surface area (Å²) in [4.78, 5) is 11.4. The lowest BCUT2D eigenvalue weighted by molar-refractivity contribution is -0.148. The van der Waals surface area contributed by atoms with Crippen LogP contribution < -0.4 is 9.61 Å². The molecule has 5 nitrogen and oxygen atoms in total. The maximum atomic E-state index is 13.3. The van der Waals surface area contributed by atoms with Crippen molar-refractivity contribution >= 4 is 14.9 Å². The number of carbonyl (C=O) groups is 1. The van der Waals surface area contributed by atoms with E-state index in [2.05, 4.69) is 9.61 Å². The molecule has 0 aliphatic heterocycles. The Hall–Kier alpha value is -2.45. The second-order valence-corrected chi connectivity index (χ2v) is 6.49. The van der Waals surface area contributed by atoms with Crippen molar-refractivity contribution in [2.45, 2.75) is 32.9 Å². The molecule has 0 aromatic heterocycles. The molecule has 160 valence electrons. The summed E-state index contributed by atoms with van der Waals surface area (Å²) in [5.74, 6) is -12.4. The first-order valence-corrected chi connectivity index (χ1v) is 9.10. The molecular formula is C18H19F5NO4P. The average Bonchev–Trinajstić information content (AvgIpc) is 2.68. The molecular weight excluding hydrogens is 420 g/mol. The third-order valence-corrected chi connectivity index (χ3v) is 3.92. The standard InChI is InChI=1S/C12H13F5NO3P.C6H6O/c1-4(2)20-12(19)5(3)18-22-21-11-9(16)7(14)6(13)8(15)10(11)17;7-6-4-2-1-3-5-6/h4-5,18,22H,1-3H3;1-5,7H. The fourth-order valence-corrected chi connectivity index (χ4v) is 2.30. The second-order valence-electron chi connectivity index (χ2n) is 5.79. The summed E-state index contributed by atoms with van der Waals surface area (Å²) in [6.45, 7) is 4.63. The van der Waals surface area contributed by atoms with Crippen LogP contribution in [0.15, 0.2) is 30.3 Å². The molecule has 29 heavy (non-hydrogen) atoms. The topological polar surface area (TPSA) is 67.8 Å². The zero-order valence-corrected chi connectivity index (χ0v) is 16.6. The van der Waals surface area contributed by atoms with Crippen molar-refractivity contribution in [3.05, 3.63) is 59.4 Å². The smallest absolute Gasteiger partial charge is 0.323 e. The monoisotopic (exact) mass is 439 g/mol. The highest BCUT2D eigenvalue weighted by Crippen LogP contribution is 2.32. The zero-order chi connectivity index (χ0) is 22.1. The van der Waals surface area contributed by atoms with Gasteiger partial charge < -0.3 is 14.4 Å². The van der Waals surface area contributed by atoms with Gasteiger partial charge in [-0.05, 0) is 32.9 Å². The molecule has 0 bridgehead atoms. The third kappa shape index (κ3) is 7.47. The zero-order valence-electron chi connectivity index (χ0n) is 15.6. The molecule has 2 aromatic rings. The van der Waals surface area contributed by atoms with E-state index in [0.29, 0.717) is 5.75 Å². The minimum atomic E-state index is -2.27. The van der Waals surface area contributed by atoms with Crippen LogP contribution in [0.25, 0.3) is 0 Å². The number of phenols is 1. The SMILES string of the molecule is CC(C)OC(=O)C(C)NPOc1c(F)c(F)c(F)c(F)c1F.Oc1ccccc1. The van der Waals surface area contributed by atoms with Gasteiger partial charge in [-0.15, -0.1) is 0 Å². The molecule has 2 N–H and O–H groups in total. The number of nitrogens with one attached hydrogen (secondary N) is 1. The maximum Gasteiger partial charge on any atom is 0.323 e. The first-order valence-electron chi connectivity index (χ1n) is 8.19. The van der Waals surface area contributed by atoms with E-state index in [1.165, 1.54) is 6.92 Å². The van der Waals surface area contributed by atoms with Gasteiger partial charge >= 0.3 is 5.97 Å². The summed E-state index contributed by atoms with van der Waals surface area (Å²) in [6, 6.07) is 7.83. The number of benzene rings is 2.